The summed E-state index contributed by atoms with van der Waals surface area (Å²) in [6.45, 7) is 12.1. The van der Waals surface area contributed by atoms with Crippen LogP contribution >= 0.6 is 11.8 Å². The van der Waals surface area contributed by atoms with E-state index in [4.69, 9.17) is 4.74 Å². The molecular formula is C31H45N3O4S. The van der Waals surface area contributed by atoms with E-state index in [1.807, 2.05) is 68.6 Å². The van der Waals surface area contributed by atoms with Crippen LogP contribution in [0.3, 0.4) is 0 Å². The third-order valence-corrected chi connectivity index (χ3v) is 6.88. The second-order valence-electron chi connectivity index (χ2n) is 10.8. The molecule has 214 valence electrons. The molecule has 0 radical (unpaired) electrons. The Kier molecular flexibility index (Phi) is 12.8. The van der Waals surface area contributed by atoms with Gasteiger partial charge < -0.3 is 20.3 Å². The molecule has 0 saturated carbocycles. The standard InChI is InChI=1S/C31H45N3O4S/c1-8-9-18-34(29(36)26(17-19-39-7)33-30(37)38-31(4,5)6)27(25-20-22(2)15-16-23(25)3)28(35)32-21-24-13-11-10-12-14-24/h10-16,20,26-27H,8-9,17-19,21H2,1-7H3,(H,32,35)(H,33,37). The van der Waals surface area contributed by atoms with Gasteiger partial charge in [-0.3, -0.25) is 9.59 Å². The van der Waals surface area contributed by atoms with Crippen LogP contribution in [0.5, 0.6) is 0 Å². The van der Waals surface area contributed by atoms with Gasteiger partial charge in [0.25, 0.3) is 0 Å². The highest BCUT2D eigenvalue weighted by atomic mass is 32.2. The Morgan fingerprint density at radius 2 is 1.74 bits per heavy atom. The molecule has 0 bridgehead atoms. The van der Waals surface area contributed by atoms with Crippen LogP contribution in [0.4, 0.5) is 4.79 Å². The molecule has 8 heteroatoms. The number of hydrogen-bond acceptors (Lipinski definition) is 5. The maximum Gasteiger partial charge on any atom is 0.408 e. The summed E-state index contributed by atoms with van der Waals surface area (Å²) >= 11 is 1.60. The van der Waals surface area contributed by atoms with E-state index in [9.17, 15) is 14.4 Å². The molecule has 2 aromatic carbocycles. The topological polar surface area (TPSA) is 87.7 Å². The lowest BCUT2D eigenvalue weighted by Crippen LogP contribution is -2.53. The van der Waals surface area contributed by atoms with E-state index in [0.29, 0.717) is 25.3 Å². The van der Waals surface area contributed by atoms with Crippen LogP contribution < -0.4 is 10.6 Å². The van der Waals surface area contributed by atoms with Crippen LogP contribution in [0.15, 0.2) is 48.5 Å². The highest BCUT2D eigenvalue weighted by Crippen LogP contribution is 2.28. The molecule has 0 aromatic heterocycles. The summed E-state index contributed by atoms with van der Waals surface area (Å²) in [6, 6.07) is 14.0. The average Bonchev–Trinajstić information content (AvgIpc) is 2.88. The Bertz CT molecular complexity index is 1080. The number of nitrogens with zero attached hydrogens (tertiary/aromatic N) is 1. The van der Waals surface area contributed by atoms with Gasteiger partial charge in [0.15, 0.2) is 0 Å². The normalized spacial score (nSPS) is 12.8. The molecular weight excluding hydrogens is 510 g/mol. The smallest absolute Gasteiger partial charge is 0.408 e. The Morgan fingerprint density at radius 3 is 2.36 bits per heavy atom. The molecule has 2 atom stereocenters. The van der Waals surface area contributed by atoms with Crippen LogP contribution in [0.25, 0.3) is 0 Å². The number of carbonyl (C=O) groups is 3. The van der Waals surface area contributed by atoms with Crippen LogP contribution in [-0.4, -0.2) is 53.0 Å². The van der Waals surface area contributed by atoms with E-state index < -0.39 is 23.8 Å². The van der Waals surface area contributed by atoms with Gasteiger partial charge in [0.2, 0.25) is 11.8 Å². The number of aryl methyl sites for hydroxylation is 2. The monoisotopic (exact) mass is 555 g/mol. The first-order valence-corrected chi connectivity index (χ1v) is 15.0. The lowest BCUT2D eigenvalue weighted by molar-refractivity contribution is -0.142. The highest BCUT2D eigenvalue weighted by Gasteiger charge is 2.36. The van der Waals surface area contributed by atoms with E-state index in [0.717, 1.165) is 35.1 Å². The zero-order valence-corrected chi connectivity index (χ0v) is 25.3. The van der Waals surface area contributed by atoms with Crippen molar-refractivity contribution >= 4 is 29.7 Å². The van der Waals surface area contributed by atoms with Crippen molar-refractivity contribution in [1.82, 2.24) is 15.5 Å². The third-order valence-electron chi connectivity index (χ3n) is 6.23. The Hall–Kier alpha value is -3.00. The lowest BCUT2D eigenvalue weighted by Gasteiger charge is -2.35. The Morgan fingerprint density at radius 1 is 1.05 bits per heavy atom. The fraction of sp³-hybridized carbons (Fsp3) is 0.516. The molecule has 2 N–H and O–H groups in total. The van der Waals surface area contributed by atoms with Crippen molar-refractivity contribution in [2.24, 2.45) is 0 Å². The van der Waals surface area contributed by atoms with Gasteiger partial charge >= 0.3 is 6.09 Å². The maximum absolute atomic E-state index is 14.2. The lowest BCUT2D eigenvalue weighted by atomic mass is 9.95. The Labute approximate surface area is 238 Å². The number of benzene rings is 2. The van der Waals surface area contributed by atoms with Gasteiger partial charge in [0, 0.05) is 13.1 Å². The molecule has 0 spiro atoms. The highest BCUT2D eigenvalue weighted by molar-refractivity contribution is 7.98. The van der Waals surface area contributed by atoms with E-state index >= 15 is 0 Å². The minimum atomic E-state index is -0.843. The van der Waals surface area contributed by atoms with Gasteiger partial charge in [0.05, 0.1) is 0 Å². The minimum Gasteiger partial charge on any atom is -0.444 e. The van der Waals surface area contributed by atoms with Crippen LogP contribution in [0, 0.1) is 13.8 Å². The predicted octanol–water partition coefficient (Wildman–Crippen LogP) is 5.94. The van der Waals surface area contributed by atoms with Crippen molar-refractivity contribution in [3.63, 3.8) is 0 Å². The molecule has 2 unspecified atom stereocenters. The summed E-state index contributed by atoms with van der Waals surface area (Å²) in [7, 11) is 0. The van der Waals surface area contributed by atoms with Crippen molar-refractivity contribution < 1.29 is 19.1 Å². The number of alkyl carbamates (subject to hydrolysis) is 1. The van der Waals surface area contributed by atoms with Crippen LogP contribution in [0.2, 0.25) is 0 Å². The fourth-order valence-corrected chi connectivity index (χ4v) is 4.70. The molecule has 0 aliphatic rings. The minimum absolute atomic E-state index is 0.252. The summed E-state index contributed by atoms with van der Waals surface area (Å²) in [6.07, 6.45) is 3.31. The number of carbonyl (C=O) groups excluding carboxylic acids is 3. The van der Waals surface area contributed by atoms with E-state index in [1.54, 1.807) is 37.4 Å². The maximum atomic E-state index is 14.2. The predicted molar refractivity (Wildman–Crippen MR) is 160 cm³/mol. The average molecular weight is 556 g/mol. The van der Waals surface area contributed by atoms with E-state index in [-0.39, 0.29) is 11.8 Å². The quantitative estimate of drug-likeness (QED) is 0.320. The van der Waals surface area contributed by atoms with Crippen molar-refractivity contribution in [1.29, 1.82) is 0 Å². The molecule has 2 aromatic rings. The molecule has 0 aliphatic carbocycles. The fourth-order valence-electron chi connectivity index (χ4n) is 4.22. The van der Waals surface area contributed by atoms with Crippen LogP contribution in [-0.2, 0) is 20.9 Å². The summed E-state index contributed by atoms with van der Waals surface area (Å²) in [4.78, 5) is 42.5. The molecule has 3 amide bonds. The first-order chi connectivity index (χ1) is 18.5. The van der Waals surface area contributed by atoms with Gasteiger partial charge in [-0.25, -0.2) is 4.79 Å². The summed E-state index contributed by atoms with van der Waals surface area (Å²) < 4.78 is 5.47. The zero-order valence-electron chi connectivity index (χ0n) is 24.5. The largest absolute Gasteiger partial charge is 0.444 e. The van der Waals surface area contributed by atoms with Crippen LogP contribution in [0.1, 0.15) is 75.3 Å². The van der Waals surface area contributed by atoms with Gasteiger partial charge in [-0.2, -0.15) is 11.8 Å². The van der Waals surface area contributed by atoms with Crippen molar-refractivity contribution in [2.75, 3.05) is 18.6 Å². The van der Waals surface area contributed by atoms with Gasteiger partial charge in [0.1, 0.15) is 17.7 Å². The summed E-state index contributed by atoms with van der Waals surface area (Å²) in [5.41, 5.74) is 2.99. The first kappa shape index (κ1) is 32.2. The van der Waals surface area contributed by atoms with Gasteiger partial charge in [-0.05, 0) is 76.2 Å². The SMILES string of the molecule is CCCCN(C(=O)C(CCSC)NC(=O)OC(C)(C)C)C(C(=O)NCc1ccccc1)c1cc(C)ccc1C. The second kappa shape index (κ2) is 15.6. The number of unbranched alkanes of at least 4 members (excludes halogenated alkanes) is 1. The number of ether oxygens (including phenoxy) is 1. The number of rotatable bonds is 13. The van der Waals surface area contributed by atoms with Gasteiger partial charge in [-0.15, -0.1) is 0 Å². The molecule has 0 heterocycles. The molecule has 39 heavy (non-hydrogen) atoms. The molecule has 7 nitrogen and oxygen atoms in total. The third kappa shape index (κ3) is 10.6. The molecule has 2 rings (SSSR count). The van der Waals surface area contributed by atoms with Crippen molar-refractivity contribution in [3.05, 3.63) is 70.8 Å². The van der Waals surface area contributed by atoms with E-state index in [1.165, 1.54) is 0 Å². The molecule has 0 fully saturated rings. The van der Waals surface area contributed by atoms with Gasteiger partial charge in [-0.1, -0.05) is 67.4 Å². The number of thioether (sulfide) groups is 1. The number of nitrogens with one attached hydrogen (secondary N) is 2. The summed E-state index contributed by atoms with van der Waals surface area (Å²) in [5, 5.41) is 5.86. The number of amides is 3. The zero-order chi connectivity index (χ0) is 29.0. The second-order valence-corrected chi connectivity index (χ2v) is 11.8. The first-order valence-electron chi connectivity index (χ1n) is 13.6. The molecule has 0 aliphatic heterocycles. The van der Waals surface area contributed by atoms with Crippen molar-refractivity contribution in [2.45, 2.75) is 85.0 Å². The molecule has 0 saturated heterocycles. The van der Waals surface area contributed by atoms with E-state index in [2.05, 4.69) is 17.6 Å². The Balaban J connectivity index is 2.49. The number of hydrogen-bond donors (Lipinski definition) is 2. The summed E-state index contributed by atoms with van der Waals surface area (Å²) in [5.74, 6) is 0.129. The van der Waals surface area contributed by atoms with Crippen molar-refractivity contribution in [3.8, 4) is 0 Å².